The minimum absolute atomic E-state index is 0.0710. The van der Waals surface area contributed by atoms with Gasteiger partial charge in [-0.1, -0.05) is 6.92 Å². The molecule has 0 atom stereocenters. The van der Waals surface area contributed by atoms with Crippen molar-refractivity contribution in [3.63, 3.8) is 0 Å². The van der Waals surface area contributed by atoms with Crippen LogP contribution in [0.1, 0.15) is 47.8 Å². The van der Waals surface area contributed by atoms with Crippen molar-refractivity contribution in [3.05, 3.63) is 21.4 Å². The van der Waals surface area contributed by atoms with Crippen LogP contribution >= 0.6 is 11.3 Å². The lowest BCUT2D eigenvalue weighted by Crippen LogP contribution is -2.51. The van der Waals surface area contributed by atoms with Crippen molar-refractivity contribution < 1.29 is 14.3 Å². The van der Waals surface area contributed by atoms with Gasteiger partial charge in [-0.25, -0.2) is 4.79 Å². The second-order valence-corrected chi connectivity index (χ2v) is 8.06. The van der Waals surface area contributed by atoms with Crippen LogP contribution in [0.3, 0.4) is 0 Å². The Hall–Kier alpha value is -1.56. The zero-order valence-electron chi connectivity index (χ0n) is 14.6. The van der Waals surface area contributed by atoms with Crippen molar-refractivity contribution in [1.82, 2.24) is 9.80 Å². The van der Waals surface area contributed by atoms with Gasteiger partial charge in [0.25, 0.3) is 5.91 Å². The highest BCUT2D eigenvalue weighted by atomic mass is 32.1. The van der Waals surface area contributed by atoms with Gasteiger partial charge in [-0.3, -0.25) is 4.79 Å². The van der Waals surface area contributed by atoms with Crippen LogP contribution in [0, 0.1) is 6.92 Å². The van der Waals surface area contributed by atoms with Crippen molar-refractivity contribution in [2.45, 2.75) is 46.6 Å². The van der Waals surface area contributed by atoms with Crippen LogP contribution in [-0.4, -0.2) is 53.6 Å². The van der Waals surface area contributed by atoms with Crippen LogP contribution in [0.4, 0.5) is 4.79 Å². The molecule has 2 amide bonds. The monoisotopic (exact) mass is 338 g/mol. The van der Waals surface area contributed by atoms with E-state index < -0.39 is 5.60 Å². The van der Waals surface area contributed by atoms with Crippen molar-refractivity contribution in [1.29, 1.82) is 0 Å². The molecule has 0 saturated carbocycles. The molecule has 6 heteroatoms. The minimum atomic E-state index is -0.491. The van der Waals surface area contributed by atoms with Gasteiger partial charge in [-0.05, 0) is 45.7 Å². The summed E-state index contributed by atoms with van der Waals surface area (Å²) in [6.45, 7) is 11.9. The van der Waals surface area contributed by atoms with E-state index >= 15 is 0 Å². The Morgan fingerprint density at radius 3 is 2.22 bits per heavy atom. The first-order valence-corrected chi connectivity index (χ1v) is 8.89. The maximum absolute atomic E-state index is 12.6. The fourth-order valence-electron chi connectivity index (χ4n) is 2.55. The summed E-state index contributed by atoms with van der Waals surface area (Å²) in [7, 11) is 0. The highest BCUT2D eigenvalue weighted by Crippen LogP contribution is 2.24. The first-order valence-electron chi connectivity index (χ1n) is 8.07. The van der Waals surface area contributed by atoms with Gasteiger partial charge < -0.3 is 14.5 Å². The van der Waals surface area contributed by atoms with E-state index in [1.54, 1.807) is 16.2 Å². The Labute approximate surface area is 142 Å². The van der Waals surface area contributed by atoms with Crippen LogP contribution in [0.25, 0.3) is 0 Å². The first kappa shape index (κ1) is 17.8. The maximum atomic E-state index is 12.6. The number of thiophene rings is 1. The van der Waals surface area contributed by atoms with E-state index in [0.717, 1.165) is 11.3 Å². The molecule has 128 valence electrons. The van der Waals surface area contributed by atoms with Gasteiger partial charge in [0.15, 0.2) is 0 Å². The van der Waals surface area contributed by atoms with E-state index in [9.17, 15) is 9.59 Å². The highest BCUT2D eigenvalue weighted by Gasteiger charge is 2.28. The van der Waals surface area contributed by atoms with Crippen LogP contribution < -0.4 is 0 Å². The second kappa shape index (κ2) is 6.91. The summed E-state index contributed by atoms with van der Waals surface area (Å²) in [5.74, 6) is 0.0710. The summed E-state index contributed by atoms with van der Waals surface area (Å²) in [5.41, 5.74) is 0.750. The largest absolute Gasteiger partial charge is 0.444 e. The topological polar surface area (TPSA) is 49.9 Å². The Bertz CT molecular complexity index is 581. The van der Waals surface area contributed by atoms with Gasteiger partial charge in [0.2, 0.25) is 0 Å². The molecule has 2 rings (SSSR count). The van der Waals surface area contributed by atoms with Crippen LogP contribution in [0.2, 0.25) is 0 Å². The van der Waals surface area contributed by atoms with Gasteiger partial charge in [-0.2, -0.15) is 0 Å². The molecule has 1 aliphatic heterocycles. The average Bonchev–Trinajstić information content (AvgIpc) is 2.86. The van der Waals surface area contributed by atoms with Crippen molar-refractivity contribution >= 4 is 23.3 Å². The van der Waals surface area contributed by atoms with Gasteiger partial charge in [-0.15, -0.1) is 11.3 Å². The molecule has 0 aliphatic carbocycles. The summed E-state index contributed by atoms with van der Waals surface area (Å²) in [4.78, 5) is 30.1. The van der Waals surface area contributed by atoms with E-state index in [1.165, 1.54) is 10.4 Å². The number of amides is 2. The molecule has 1 aromatic heterocycles. The third kappa shape index (κ3) is 4.47. The summed E-state index contributed by atoms with van der Waals surface area (Å²) in [6, 6.07) is 2.00. The number of nitrogens with zero attached hydrogens (tertiary/aromatic N) is 2. The molecule has 0 spiro atoms. The van der Waals surface area contributed by atoms with E-state index in [4.69, 9.17) is 4.74 Å². The molecule has 0 radical (unpaired) electrons. The van der Waals surface area contributed by atoms with Gasteiger partial charge >= 0.3 is 6.09 Å². The fourth-order valence-corrected chi connectivity index (χ4v) is 3.63. The average molecular weight is 338 g/mol. The number of hydrogen-bond donors (Lipinski definition) is 0. The molecule has 5 nitrogen and oxygen atoms in total. The van der Waals surface area contributed by atoms with Gasteiger partial charge in [0, 0.05) is 31.1 Å². The molecule has 23 heavy (non-hydrogen) atoms. The fraction of sp³-hybridized carbons (Fsp3) is 0.647. The number of piperazine rings is 1. The quantitative estimate of drug-likeness (QED) is 0.831. The van der Waals surface area contributed by atoms with Crippen molar-refractivity contribution in [3.8, 4) is 0 Å². The first-order chi connectivity index (χ1) is 10.7. The molecule has 0 N–H and O–H groups in total. The minimum Gasteiger partial charge on any atom is -0.444 e. The van der Waals surface area contributed by atoms with E-state index in [0.29, 0.717) is 26.2 Å². The third-order valence-corrected chi connectivity index (χ3v) is 4.91. The predicted molar refractivity (Wildman–Crippen MR) is 92.1 cm³/mol. The molecule has 1 aromatic rings. The normalized spacial score (nSPS) is 15.7. The van der Waals surface area contributed by atoms with Crippen LogP contribution in [0.5, 0.6) is 0 Å². The smallest absolute Gasteiger partial charge is 0.410 e. The molecule has 0 aromatic carbocycles. The molecule has 2 heterocycles. The van der Waals surface area contributed by atoms with Crippen LogP contribution in [-0.2, 0) is 11.2 Å². The SMILES string of the molecule is CCc1cc(C(=O)N2CCN(C(=O)OC(C)(C)C)CC2)sc1C. The Balaban J connectivity index is 1.93. The van der Waals surface area contributed by atoms with E-state index in [-0.39, 0.29) is 12.0 Å². The predicted octanol–water partition coefficient (Wildman–Crippen LogP) is 3.31. The number of ether oxygens (including phenoxy) is 1. The molecule has 1 fully saturated rings. The van der Waals surface area contributed by atoms with Crippen molar-refractivity contribution in [2.75, 3.05) is 26.2 Å². The molecule has 1 aliphatic rings. The van der Waals surface area contributed by atoms with Gasteiger partial charge in [0.1, 0.15) is 5.60 Å². The molecule has 1 saturated heterocycles. The third-order valence-electron chi connectivity index (χ3n) is 3.83. The van der Waals surface area contributed by atoms with Crippen LogP contribution in [0.15, 0.2) is 6.07 Å². The zero-order valence-corrected chi connectivity index (χ0v) is 15.5. The number of hydrogen-bond acceptors (Lipinski definition) is 4. The summed E-state index contributed by atoms with van der Waals surface area (Å²) < 4.78 is 5.38. The number of rotatable bonds is 2. The number of carbonyl (C=O) groups is 2. The lowest BCUT2D eigenvalue weighted by molar-refractivity contribution is 0.0141. The Morgan fingerprint density at radius 1 is 1.17 bits per heavy atom. The highest BCUT2D eigenvalue weighted by molar-refractivity contribution is 7.14. The van der Waals surface area contributed by atoms with Crippen molar-refractivity contribution in [2.24, 2.45) is 0 Å². The summed E-state index contributed by atoms with van der Waals surface area (Å²) in [5, 5.41) is 0. The van der Waals surface area contributed by atoms with Gasteiger partial charge in [0.05, 0.1) is 4.88 Å². The lowest BCUT2D eigenvalue weighted by Gasteiger charge is -2.35. The number of carbonyl (C=O) groups excluding carboxylic acids is 2. The lowest BCUT2D eigenvalue weighted by atomic mass is 10.2. The molecular formula is C17H26N2O3S. The summed E-state index contributed by atoms with van der Waals surface area (Å²) in [6.07, 6.45) is 0.645. The Morgan fingerprint density at radius 2 is 1.74 bits per heavy atom. The van der Waals surface area contributed by atoms with E-state index in [1.807, 2.05) is 31.7 Å². The summed E-state index contributed by atoms with van der Waals surface area (Å²) >= 11 is 1.56. The zero-order chi connectivity index (χ0) is 17.2. The molecular weight excluding hydrogens is 312 g/mol. The standard InChI is InChI=1S/C17H26N2O3S/c1-6-13-11-14(23-12(13)2)15(20)18-7-9-19(10-8-18)16(21)22-17(3,4)5/h11H,6-10H2,1-5H3. The second-order valence-electron chi connectivity index (χ2n) is 6.81. The van der Waals surface area contributed by atoms with E-state index in [2.05, 4.69) is 13.8 Å². The Kier molecular flexibility index (Phi) is 5.34. The maximum Gasteiger partial charge on any atom is 0.410 e. The number of aryl methyl sites for hydroxylation is 2. The molecule has 0 unspecified atom stereocenters. The molecule has 0 bridgehead atoms.